The van der Waals surface area contributed by atoms with Crippen LogP contribution in [-0.2, 0) is 10.5 Å². The number of benzene rings is 1. The van der Waals surface area contributed by atoms with E-state index in [0.29, 0.717) is 12.1 Å². The van der Waals surface area contributed by atoms with Gasteiger partial charge in [-0.3, -0.25) is 9.59 Å². The fourth-order valence-corrected chi connectivity index (χ4v) is 2.27. The second kappa shape index (κ2) is 7.84. The fourth-order valence-electron chi connectivity index (χ4n) is 1.64. The van der Waals surface area contributed by atoms with Crippen molar-refractivity contribution in [3.05, 3.63) is 35.4 Å². The standard InChI is InChI=1S/C14H19NO3S/c1-3-15(9-13(16)17)14(18)12-7-5-11(6-8-12)10-19-4-2/h5-8H,3-4,9-10H2,1-2H3,(H,16,17). The molecule has 0 atom stereocenters. The number of thioether (sulfide) groups is 1. The Morgan fingerprint density at radius 1 is 1.21 bits per heavy atom. The van der Waals surface area contributed by atoms with Gasteiger partial charge in [0.1, 0.15) is 6.54 Å². The number of carboxylic acid groups (broad SMARTS) is 1. The number of amides is 1. The summed E-state index contributed by atoms with van der Waals surface area (Å²) in [6.07, 6.45) is 0. The lowest BCUT2D eigenvalue weighted by atomic mass is 10.1. The molecule has 1 rings (SSSR count). The molecular formula is C14H19NO3S. The number of aliphatic carboxylic acids is 1. The van der Waals surface area contributed by atoms with Gasteiger partial charge in [-0.05, 0) is 30.4 Å². The Morgan fingerprint density at radius 3 is 2.32 bits per heavy atom. The smallest absolute Gasteiger partial charge is 0.323 e. The monoisotopic (exact) mass is 281 g/mol. The molecular weight excluding hydrogens is 262 g/mol. The van der Waals surface area contributed by atoms with Crippen molar-refractivity contribution >= 4 is 23.6 Å². The molecule has 0 unspecified atom stereocenters. The number of carboxylic acids is 1. The Labute approximate surface area is 117 Å². The SMILES string of the molecule is CCSCc1ccc(C(=O)N(CC)CC(=O)O)cc1. The van der Waals surface area contributed by atoms with E-state index in [1.165, 1.54) is 10.5 Å². The normalized spacial score (nSPS) is 10.2. The largest absolute Gasteiger partial charge is 0.480 e. The van der Waals surface area contributed by atoms with Crippen molar-refractivity contribution in [3.8, 4) is 0 Å². The zero-order valence-corrected chi connectivity index (χ0v) is 12.1. The van der Waals surface area contributed by atoms with Crippen molar-refractivity contribution in [2.45, 2.75) is 19.6 Å². The van der Waals surface area contributed by atoms with E-state index in [0.717, 1.165) is 11.5 Å². The predicted octanol–water partition coefficient (Wildman–Crippen LogP) is 2.49. The first kappa shape index (κ1) is 15.6. The molecule has 0 heterocycles. The minimum absolute atomic E-state index is 0.236. The lowest BCUT2D eigenvalue weighted by Crippen LogP contribution is -2.35. The number of hydrogen-bond donors (Lipinski definition) is 1. The van der Waals surface area contributed by atoms with Crippen LogP contribution >= 0.6 is 11.8 Å². The Morgan fingerprint density at radius 2 is 1.84 bits per heavy atom. The van der Waals surface area contributed by atoms with Crippen LogP contribution in [0.25, 0.3) is 0 Å². The number of rotatable bonds is 7. The van der Waals surface area contributed by atoms with Gasteiger partial charge in [-0.2, -0.15) is 11.8 Å². The molecule has 0 aliphatic heterocycles. The van der Waals surface area contributed by atoms with E-state index in [4.69, 9.17) is 5.11 Å². The van der Waals surface area contributed by atoms with Gasteiger partial charge in [0.05, 0.1) is 0 Å². The molecule has 0 saturated carbocycles. The number of carbonyl (C=O) groups is 2. The number of carbonyl (C=O) groups excluding carboxylic acids is 1. The van der Waals surface area contributed by atoms with Crippen LogP contribution in [0, 0.1) is 0 Å². The Hall–Kier alpha value is -1.49. The molecule has 0 aliphatic rings. The van der Waals surface area contributed by atoms with Crippen LogP contribution in [0.4, 0.5) is 0 Å². The molecule has 0 aliphatic carbocycles. The third-order valence-corrected chi connectivity index (χ3v) is 3.61. The van der Waals surface area contributed by atoms with E-state index in [9.17, 15) is 9.59 Å². The van der Waals surface area contributed by atoms with Crippen molar-refractivity contribution in [2.75, 3.05) is 18.8 Å². The highest BCUT2D eigenvalue weighted by Gasteiger charge is 2.16. The zero-order valence-electron chi connectivity index (χ0n) is 11.3. The van der Waals surface area contributed by atoms with Gasteiger partial charge in [0.15, 0.2) is 0 Å². The molecule has 1 N–H and O–H groups in total. The Balaban J connectivity index is 2.73. The average Bonchev–Trinajstić information content (AvgIpc) is 2.42. The van der Waals surface area contributed by atoms with Crippen LogP contribution in [0.3, 0.4) is 0 Å². The van der Waals surface area contributed by atoms with E-state index in [1.54, 1.807) is 19.1 Å². The van der Waals surface area contributed by atoms with E-state index in [1.807, 2.05) is 23.9 Å². The second-order valence-electron chi connectivity index (χ2n) is 4.05. The van der Waals surface area contributed by atoms with Gasteiger partial charge in [0.2, 0.25) is 0 Å². The Bertz CT molecular complexity index is 431. The highest BCUT2D eigenvalue weighted by atomic mass is 32.2. The van der Waals surface area contributed by atoms with Crippen LogP contribution in [0.15, 0.2) is 24.3 Å². The lowest BCUT2D eigenvalue weighted by Gasteiger charge is -2.18. The van der Waals surface area contributed by atoms with Crippen molar-refractivity contribution in [2.24, 2.45) is 0 Å². The van der Waals surface area contributed by atoms with Crippen molar-refractivity contribution in [3.63, 3.8) is 0 Å². The topological polar surface area (TPSA) is 57.6 Å². The van der Waals surface area contributed by atoms with Crippen molar-refractivity contribution in [1.82, 2.24) is 4.90 Å². The van der Waals surface area contributed by atoms with Gasteiger partial charge < -0.3 is 10.0 Å². The van der Waals surface area contributed by atoms with Crippen LogP contribution in [0.1, 0.15) is 29.8 Å². The molecule has 0 fully saturated rings. The number of nitrogens with zero attached hydrogens (tertiary/aromatic N) is 1. The van der Waals surface area contributed by atoms with Crippen LogP contribution in [-0.4, -0.2) is 40.7 Å². The van der Waals surface area contributed by atoms with Gasteiger partial charge in [-0.1, -0.05) is 19.1 Å². The Kier molecular flexibility index (Phi) is 6.42. The highest BCUT2D eigenvalue weighted by Crippen LogP contribution is 2.13. The molecule has 0 spiro atoms. The van der Waals surface area contributed by atoms with Gasteiger partial charge in [0, 0.05) is 17.9 Å². The van der Waals surface area contributed by atoms with E-state index in [-0.39, 0.29) is 12.5 Å². The first-order chi connectivity index (χ1) is 9.08. The average molecular weight is 281 g/mol. The molecule has 1 amide bonds. The molecule has 0 radical (unpaired) electrons. The van der Waals surface area contributed by atoms with Crippen LogP contribution in [0.5, 0.6) is 0 Å². The predicted molar refractivity (Wildman–Crippen MR) is 77.5 cm³/mol. The maximum absolute atomic E-state index is 12.1. The summed E-state index contributed by atoms with van der Waals surface area (Å²) in [5.74, 6) is 0.756. The zero-order chi connectivity index (χ0) is 14.3. The van der Waals surface area contributed by atoms with E-state index < -0.39 is 5.97 Å². The first-order valence-electron chi connectivity index (χ1n) is 6.26. The molecule has 0 saturated heterocycles. The molecule has 19 heavy (non-hydrogen) atoms. The number of likely N-dealkylation sites (N-methyl/N-ethyl adjacent to an activating group) is 1. The van der Waals surface area contributed by atoms with Gasteiger partial charge in [0.25, 0.3) is 5.91 Å². The fraction of sp³-hybridized carbons (Fsp3) is 0.429. The second-order valence-corrected chi connectivity index (χ2v) is 5.32. The summed E-state index contributed by atoms with van der Waals surface area (Å²) in [7, 11) is 0. The molecule has 0 aromatic heterocycles. The summed E-state index contributed by atoms with van der Waals surface area (Å²) in [6.45, 7) is 4.00. The lowest BCUT2D eigenvalue weighted by molar-refractivity contribution is -0.137. The van der Waals surface area contributed by atoms with Crippen LogP contribution in [0.2, 0.25) is 0 Å². The van der Waals surface area contributed by atoms with E-state index >= 15 is 0 Å². The van der Waals surface area contributed by atoms with Crippen molar-refractivity contribution in [1.29, 1.82) is 0 Å². The summed E-state index contributed by atoms with van der Waals surface area (Å²) >= 11 is 1.82. The third kappa shape index (κ3) is 4.95. The number of hydrogen-bond acceptors (Lipinski definition) is 3. The molecule has 1 aromatic rings. The molecule has 0 bridgehead atoms. The summed E-state index contributed by atoms with van der Waals surface area (Å²) in [5.41, 5.74) is 1.71. The molecule has 104 valence electrons. The van der Waals surface area contributed by atoms with Gasteiger partial charge in [-0.15, -0.1) is 0 Å². The third-order valence-electron chi connectivity index (χ3n) is 2.67. The molecule has 1 aromatic carbocycles. The maximum atomic E-state index is 12.1. The minimum Gasteiger partial charge on any atom is -0.480 e. The van der Waals surface area contributed by atoms with Crippen LogP contribution < -0.4 is 0 Å². The summed E-state index contributed by atoms with van der Waals surface area (Å²) < 4.78 is 0. The first-order valence-corrected chi connectivity index (χ1v) is 7.41. The highest BCUT2D eigenvalue weighted by molar-refractivity contribution is 7.98. The quantitative estimate of drug-likeness (QED) is 0.834. The molecule has 5 heteroatoms. The van der Waals surface area contributed by atoms with Gasteiger partial charge in [-0.25, -0.2) is 0 Å². The van der Waals surface area contributed by atoms with E-state index in [2.05, 4.69) is 6.92 Å². The minimum atomic E-state index is -0.994. The molecule has 4 nitrogen and oxygen atoms in total. The summed E-state index contributed by atoms with van der Waals surface area (Å²) in [5, 5.41) is 8.76. The summed E-state index contributed by atoms with van der Waals surface area (Å²) in [4.78, 5) is 24.1. The van der Waals surface area contributed by atoms with Crippen molar-refractivity contribution < 1.29 is 14.7 Å². The summed E-state index contributed by atoms with van der Waals surface area (Å²) in [6, 6.07) is 7.37. The maximum Gasteiger partial charge on any atom is 0.323 e. The van der Waals surface area contributed by atoms with Gasteiger partial charge >= 0.3 is 5.97 Å².